The molecule has 2 heterocycles. The molecule has 1 aromatic carbocycles. The number of hydrogen-bond acceptors (Lipinski definition) is 4. The molecule has 1 fully saturated rings. The molecule has 1 saturated heterocycles. The maximum Gasteiger partial charge on any atom is 0.148 e. The van der Waals surface area contributed by atoms with Gasteiger partial charge in [0.15, 0.2) is 0 Å². The van der Waals surface area contributed by atoms with Crippen LogP contribution in [0, 0.1) is 0 Å². The zero-order valence-electron chi connectivity index (χ0n) is 14.4. The van der Waals surface area contributed by atoms with Crippen LogP contribution in [-0.2, 0) is 17.1 Å². The van der Waals surface area contributed by atoms with Gasteiger partial charge in [0.05, 0.1) is 0 Å². The van der Waals surface area contributed by atoms with Crippen molar-refractivity contribution in [3.63, 3.8) is 0 Å². The Morgan fingerprint density at radius 2 is 1.92 bits per heavy atom. The van der Waals surface area contributed by atoms with Crippen LogP contribution in [0.5, 0.6) is 0 Å². The highest BCUT2D eigenvalue weighted by Crippen LogP contribution is 2.32. The first-order valence-corrected chi connectivity index (χ1v) is 8.75. The fourth-order valence-corrected chi connectivity index (χ4v) is 3.52. The van der Waals surface area contributed by atoms with Crippen molar-refractivity contribution >= 4 is 0 Å². The van der Waals surface area contributed by atoms with Gasteiger partial charge in [-0.25, -0.2) is 4.98 Å². The summed E-state index contributed by atoms with van der Waals surface area (Å²) in [6, 6.07) is 9.84. The van der Waals surface area contributed by atoms with Crippen molar-refractivity contribution in [2.75, 3.05) is 26.7 Å². The van der Waals surface area contributed by atoms with Gasteiger partial charge in [-0.05, 0) is 31.5 Å². The standard InChI is InChI=1S/C19H27N3O2/c1-24-16-22-15-11-20-18(22)19(23,17-8-4-2-5-9-17)10-14-21-12-6-3-7-13-21/h2,4-5,8-9,11,15,23H,3,6-7,10,12-14,16H2,1H3. The second kappa shape index (κ2) is 7.92. The van der Waals surface area contributed by atoms with Crippen molar-refractivity contribution in [2.24, 2.45) is 0 Å². The van der Waals surface area contributed by atoms with Gasteiger partial charge in [0, 0.05) is 32.5 Å². The summed E-state index contributed by atoms with van der Waals surface area (Å²) < 4.78 is 7.13. The zero-order valence-corrected chi connectivity index (χ0v) is 14.4. The molecular weight excluding hydrogens is 302 g/mol. The maximum absolute atomic E-state index is 11.6. The molecule has 0 amide bonds. The van der Waals surface area contributed by atoms with Crippen LogP contribution < -0.4 is 0 Å². The van der Waals surface area contributed by atoms with Gasteiger partial charge < -0.3 is 19.3 Å². The number of benzene rings is 1. The topological polar surface area (TPSA) is 50.5 Å². The second-order valence-corrected chi connectivity index (χ2v) is 6.52. The van der Waals surface area contributed by atoms with E-state index in [2.05, 4.69) is 9.88 Å². The maximum atomic E-state index is 11.6. The van der Waals surface area contributed by atoms with Crippen molar-refractivity contribution in [1.82, 2.24) is 14.5 Å². The van der Waals surface area contributed by atoms with Gasteiger partial charge in [-0.1, -0.05) is 36.8 Å². The number of piperidine rings is 1. The van der Waals surface area contributed by atoms with E-state index in [-0.39, 0.29) is 0 Å². The summed E-state index contributed by atoms with van der Waals surface area (Å²) in [7, 11) is 1.65. The molecule has 1 aliphatic heterocycles. The van der Waals surface area contributed by atoms with Crippen molar-refractivity contribution in [1.29, 1.82) is 0 Å². The van der Waals surface area contributed by atoms with E-state index in [1.807, 2.05) is 41.1 Å². The molecule has 5 nitrogen and oxygen atoms in total. The Kier molecular flexibility index (Phi) is 5.66. The van der Waals surface area contributed by atoms with Gasteiger partial charge in [-0.15, -0.1) is 0 Å². The fourth-order valence-electron chi connectivity index (χ4n) is 3.52. The molecule has 1 unspecified atom stereocenters. The lowest BCUT2D eigenvalue weighted by Gasteiger charge is -2.33. The normalized spacial score (nSPS) is 18.4. The molecule has 3 rings (SSSR count). The molecular formula is C19H27N3O2. The van der Waals surface area contributed by atoms with E-state index >= 15 is 0 Å². The van der Waals surface area contributed by atoms with Gasteiger partial charge in [-0.2, -0.15) is 0 Å². The molecule has 5 heteroatoms. The summed E-state index contributed by atoms with van der Waals surface area (Å²) in [6.07, 6.45) is 8.02. The number of ether oxygens (including phenoxy) is 1. The minimum atomic E-state index is -1.11. The van der Waals surface area contributed by atoms with Crippen molar-refractivity contribution < 1.29 is 9.84 Å². The van der Waals surface area contributed by atoms with E-state index in [0.29, 0.717) is 19.0 Å². The molecule has 1 aromatic heterocycles. The lowest BCUT2D eigenvalue weighted by molar-refractivity contribution is 0.0335. The number of hydrogen-bond donors (Lipinski definition) is 1. The molecule has 0 bridgehead atoms. The molecule has 1 atom stereocenters. The second-order valence-electron chi connectivity index (χ2n) is 6.52. The Morgan fingerprint density at radius 1 is 1.17 bits per heavy atom. The minimum Gasteiger partial charge on any atom is -0.377 e. The summed E-state index contributed by atoms with van der Waals surface area (Å²) in [4.78, 5) is 6.91. The number of rotatable bonds is 7. The highest BCUT2D eigenvalue weighted by atomic mass is 16.5. The van der Waals surface area contributed by atoms with E-state index in [1.54, 1.807) is 13.3 Å². The van der Waals surface area contributed by atoms with Crippen molar-refractivity contribution in [3.05, 3.63) is 54.1 Å². The first-order chi connectivity index (χ1) is 11.7. The van der Waals surface area contributed by atoms with Gasteiger partial charge in [0.25, 0.3) is 0 Å². The number of nitrogens with zero attached hydrogens (tertiary/aromatic N) is 3. The predicted octanol–water partition coefficient (Wildman–Crippen LogP) is 2.60. The average molecular weight is 329 g/mol. The van der Waals surface area contributed by atoms with Crippen LogP contribution in [0.2, 0.25) is 0 Å². The summed E-state index contributed by atoms with van der Waals surface area (Å²) >= 11 is 0. The quantitative estimate of drug-likeness (QED) is 0.848. The van der Waals surface area contributed by atoms with Crippen LogP contribution in [0.15, 0.2) is 42.7 Å². The van der Waals surface area contributed by atoms with E-state index in [1.165, 1.54) is 19.3 Å². The van der Waals surface area contributed by atoms with E-state index in [9.17, 15) is 5.11 Å². The fraction of sp³-hybridized carbons (Fsp3) is 0.526. The van der Waals surface area contributed by atoms with Crippen molar-refractivity contribution in [3.8, 4) is 0 Å². The summed E-state index contributed by atoms with van der Waals surface area (Å²) in [6.45, 7) is 3.49. The predicted molar refractivity (Wildman–Crippen MR) is 93.6 cm³/mol. The third kappa shape index (κ3) is 3.69. The Morgan fingerprint density at radius 3 is 2.62 bits per heavy atom. The molecule has 1 aliphatic rings. The van der Waals surface area contributed by atoms with E-state index < -0.39 is 5.60 Å². The first kappa shape index (κ1) is 17.1. The molecule has 2 aromatic rings. The van der Waals surface area contributed by atoms with E-state index in [0.717, 1.165) is 25.2 Å². The lowest BCUT2D eigenvalue weighted by atomic mass is 9.89. The number of aromatic nitrogens is 2. The van der Waals surface area contributed by atoms with Crippen molar-refractivity contribution in [2.45, 2.75) is 38.0 Å². The number of imidazole rings is 1. The molecule has 130 valence electrons. The van der Waals surface area contributed by atoms with Gasteiger partial charge in [0.1, 0.15) is 18.2 Å². The Hall–Kier alpha value is -1.69. The largest absolute Gasteiger partial charge is 0.377 e. The third-order valence-electron chi connectivity index (χ3n) is 4.84. The summed E-state index contributed by atoms with van der Waals surface area (Å²) in [5, 5.41) is 11.6. The highest BCUT2D eigenvalue weighted by molar-refractivity contribution is 5.29. The molecule has 0 saturated carbocycles. The van der Waals surface area contributed by atoms with Crippen LogP contribution in [0.1, 0.15) is 37.1 Å². The SMILES string of the molecule is COCn1ccnc1C(O)(CCN1CCCCC1)c1ccccc1. The monoisotopic (exact) mass is 329 g/mol. The van der Waals surface area contributed by atoms with Crippen LogP contribution in [0.4, 0.5) is 0 Å². The molecule has 1 N–H and O–H groups in total. The van der Waals surface area contributed by atoms with Gasteiger partial charge in [-0.3, -0.25) is 0 Å². The average Bonchev–Trinajstić information content (AvgIpc) is 3.11. The van der Waals surface area contributed by atoms with Crippen LogP contribution in [0.25, 0.3) is 0 Å². The molecule has 0 spiro atoms. The number of aliphatic hydroxyl groups is 1. The highest BCUT2D eigenvalue weighted by Gasteiger charge is 2.36. The van der Waals surface area contributed by atoms with Crippen LogP contribution >= 0.6 is 0 Å². The Balaban J connectivity index is 1.87. The molecule has 24 heavy (non-hydrogen) atoms. The minimum absolute atomic E-state index is 0.383. The lowest BCUT2D eigenvalue weighted by Crippen LogP contribution is -2.38. The number of methoxy groups -OCH3 is 1. The smallest absolute Gasteiger partial charge is 0.148 e. The van der Waals surface area contributed by atoms with Gasteiger partial charge >= 0.3 is 0 Å². The summed E-state index contributed by atoms with van der Waals surface area (Å²) in [5.74, 6) is 0.646. The van der Waals surface area contributed by atoms with E-state index in [4.69, 9.17) is 4.74 Å². The third-order valence-corrected chi connectivity index (χ3v) is 4.84. The zero-order chi connectivity index (χ0) is 16.8. The Bertz CT molecular complexity index is 623. The molecule has 0 radical (unpaired) electrons. The summed E-state index contributed by atoms with van der Waals surface area (Å²) in [5.41, 5.74) is -0.230. The number of likely N-dealkylation sites (tertiary alicyclic amines) is 1. The Labute approximate surface area is 143 Å². The van der Waals surface area contributed by atoms with Crippen LogP contribution in [-0.4, -0.2) is 46.3 Å². The first-order valence-electron chi connectivity index (χ1n) is 8.75. The van der Waals surface area contributed by atoms with Gasteiger partial charge in [0.2, 0.25) is 0 Å². The molecule has 0 aliphatic carbocycles. The van der Waals surface area contributed by atoms with Crippen LogP contribution in [0.3, 0.4) is 0 Å².